The topological polar surface area (TPSA) is 43.9 Å². The fourth-order valence-electron chi connectivity index (χ4n) is 5.91. The minimum Gasteiger partial charge on any atom is -0.557 e. The van der Waals surface area contributed by atoms with Crippen molar-refractivity contribution in [3.8, 4) is 50.6 Å². The van der Waals surface area contributed by atoms with Crippen molar-refractivity contribution in [2.45, 2.75) is 0 Å². The van der Waals surface area contributed by atoms with Gasteiger partial charge < -0.3 is 14.0 Å². The number of aromatic nitrogens is 3. The molecule has 3 aromatic heterocycles. The van der Waals surface area contributed by atoms with Crippen molar-refractivity contribution in [3.63, 3.8) is 0 Å². The van der Waals surface area contributed by atoms with Crippen molar-refractivity contribution in [1.29, 1.82) is 0 Å². The third-order valence-corrected chi connectivity index (χ3v) is 8.29. The first kappa shape index (κ1) is 31.7. The van der Waals surface area contributed by atoms with Crippen molar-refractivity contribution >= 4 is 22.0 Å². The Morgan fingerprint density at radius 3 is 1.94 bits per heavy atom. The summed E-state index contributed by atoms with van der Waals surface area (Å²) >= 11 is 0. The van der Waals surface area contributed by atoms with Gasteiger partial charge in [-0.3, -0.25) is 4.98 Å². The number of fused-ring (bicyclic) bond motifs is 2. The number of pyridine rings is 1. The molecule has 0 N–H and O–H groups in total. The van der Waals surface area contributed by atoms with Gasteiger partial charge in [0, 0.05) is 43.8 Å². The number of imidazole rings is 1. The molecule has 0 saturated carbocycles. The number of hydrogen-bond donors (Lipinski definition) is 0. The maximum Gasteiger partial charge on any atom is 0.0774 e. The van der Waals surface area contributed by atoms with Crippen LogP contribution in [-0.2, 0) is 20.1 Å². The van der Waals surface area contributed by atoms with Gasteiger partial charge in [0.15, 0.2) is 0 Å². The SMILES string of the molecule is [Ir].[c-]1ccccc1-c1ccccn1.[c-]1oc2cc(-c3ccccc3)ccc2c1-c1nc2ccccc2n1-c1ccc(-c2ccccc2)cc1. The summed E-state index contributed by atoms with van der Waals surface area (Å²) in [5.74, 6) is 0.815. The maximum atomic E-state index is 5.95. The molecule has 0 atom stereocenters. The molecule has 3 heterocycles. The average molecular weight is 808 g/mol. The van der Waals surface area contributed by atoms with E-state index < -0.39 is 0 Å². The van der Waals surface area contributed by atoms with Crippen molar-refractivity contribution in [1.82, 2.24) is 14.5 Å². The minimum atomic E-state index is 0. The van der Waals surface area contributed by atoms with E-state index in [0.717, 1.165) is 61.5 Å². The Morgan fingerprint density at radius 2 is 1.22 bits per heavy atom. The summed E-state index contributed by atoms with van der Waals surface area (Å²) < 4.78 is 8.14. The van der Waals surface area contributed by atoms with E-state index in [1.54, 1.807) is 6.20 Å². The van der Waals surface area contributed by atoms with Gasteiger partial charge in [-0.15, -0.1) is 42.0 Å². The number of nitrogens with zero attached hydrogens (tertiary/aromatic N) is 3. The van der Waals surface area contributed by atoms with E-state index in [0.29, 0.717) is 0 Å². The van der Waals surface area contributed by atoms with Crippen molar-refractivity contribution < 1.29 is 24.5 Å². The van der Waals surface area contributed by atoms with Crippen LogP contribution in [0, 0.1) is 12.3 Å². The Kier molecular flexibility index (Phi) is 9.38. The Labute approximate surface area is 298 Å². The Hall–Kier alpha value is -5.87. The number of furan rings is 1. The van der Waals surface area contributed by atoms with Crippen LogP contribution in [-0.4, -0.2) is 14.5 Å². The second-order valence-electron chi connectivity index (χ2n) is 11.3. The largest absolute Gasteiger partial charge is 0.557 e. The summed E-state index contributed by atoms with van der Waals surface area (Å²) in [4.78, 5) is 9.23. The monoisotopic (exact) mass is 808 g/mol. The van der Waals surface area contributed by atoms with Gasteiger partial charge >= 0.3 is 0 Å². The number of para-hydroxylation sites is 2. The maximum absolute atomic E-state index is 5.95. The van der Waals surface area contributed by atoms with Crippen molar-refractivity contribution in [2.24, 2.45) is 0 Å². The molecule has 4 nitrogen and oxygen atoms in total. The summed E-state index contributed by atoms with van der Waals surface area (Å²) in [5.41, 5.74) is 11.3. The molecule has 0 amide bonds. The third kappa shape index (κ3) is 6.63. The Morgan fingerprint density at radius 1 is 0.571 bits per heavy atom. The molecule has 1 radical (unpaired) electrons. The van der Waals surface area contributed by atoms with Crippen LogP contribution in [0.5, 0.6) is 0 Å². The van der Waals surface area contributed by atoms with Crippen molar-refractivity contribution in [3.05, 3.63) is 188 Å². The van der Waals surface area contributed by atoms with Gasteiger partial charge in [-0.05, 0) is 58.3 Å². The summed E-state index contributed by atoms with van der Waals surface area (Å²) in [6.45, 7) is 0. The molecule has 0 aliphatic carbocycles. The van der Waals surface area contributed by atoms with Crippen LogP contribution in [0.4, 0.5) is 0 Å². The van der Waals surface area contributed by atoms with Crippen LogP contribution >= 0.6 is 0 Å². The third-order valence-electron chi connectivity index (χ3n) is 8.29. The number of rotatable bonds is 5. The smallest absolute Gasteiger partial charge is 0.0774 e. The summed E-state index contributed by atoms with van der Waals surface area (Å²) in [7, 11) is 0. The number of benzene rings is 6. The standard InChI is InChI=1S/C33H21N2O.C11H8N.Ir/c1-3-9-23(10-4-1)25-15-18-27(19-16-25)35-31-14-8-7-13-30(31)34-33(35)29-22-36-32-21-26(17-20-28(29)32)24-11-5-2-6-12-24;1-2-6-10(7-3-1)11-8-4-5-9-12-11;/h1-21H;1-6,8-9H;/q2*-1;. The second-order valence-corrected chi connectivity index (χ2v) is 11.3. The molecule has 0 fully saturated rings. The first-order valence-corrected chi connectivity index (χ1v) is 15.8. The minimum absolute atomic E-state index is 0. The fourth-order valence-corrected chi connectivity index (χ4v) is 5.91. The summed E-state index contributed by atoms with van der Waals surface area (Å²) in [6, 6.07) is 60.7. The van der Waals surface area contributed by atoms with E-state index in [9.17, 15) is 0 Å². The normalized spacial score (nSPS) is 10.7. The van der Waals surface area contributed by atoms with Crippen LogP contribution in [0.2, 0.25) is 0 Å². The molecule has 0 aliphatic heterocycles. The Bertz CT molecular complexity index is 2380. The van der Waals surface area contributed by atoms with Gasteiger partial charge in [-0.25, -0.2) is 0 Å². The van der Waals surface area contributed by atoms with Gasteiger partial charge in [0.2, 0.25) is 0 Å². The molecule has 6 aromatic carbocycles. The fraction of sp³-hybridized carbons (Fsp3) is 0. The Balaban J connectivity index is 0.000000246. The summed E-state index contributed by atoms with van der Waals surface area (Å²) in [5, 5.41) is 0.993. The molecule has 237 valence electrons. The zero-order chi connectivity index (χ0) is 32.1. The van der Waals surface area contributed by atoms with E-state index in [2.05, 4.69) is 107 Å². The second kappa shape index (κ2) is 14.5. The predicted octanol–water partition coefficient (Wildman–Crippen LogP) is 11.1. The quantitative estimate of drug-likeness (QED) is 0.163. The molecule has 0 spiro atoms. The van der Waals surface area contributed by atoms with Crippen molar-refractivity contribution in [2.75, 3.05) is 0 Å². The van der Waals surface area contributed by atoms with E-state index in [1.807, 2.05) is 84.9 Å². The van der Waals surface area contributed by atoms with Crippen LogP contribution in [0.1, 0.15) is 0 Å². The predicted molar refractivity (Wildman–Crippen MR) is 194 cm³/mol. The van der Waals surface area contributed by atoms with Gasteiger partial charge in [-0.1, -0.05) is 120 Å². The molecule has 5 heteroatoms. The molecule has 0 saturated heterocycles. The van der Waals surface area contributed by atoms with Crippen LogP contribution in [0.25, 0.3) is 72.6 Å². The first-order valence-electron chi connectivity index (χ1n) is 15.8. The molecule has 0 aliphatic rings. The number of hydrogen-bond acceptors (Lipinski definition) is 3. The summed E-state index contributed by atoms with van der Waals surface area (Å²) in [6.07, 6.45) is 4.95. The molecular weight excluding hydrogens is 779 g/mol. The van der Waals surface area contributed by atoms with E-state index >= 15 is 0 Å². The molecular formula is C44H29IrN3O-2. The van der Waals surface area contributed by atoms with E-state index in [-0.39, 0.29) is 20.1 Å². The van der Waals surface area contributed by atoms with Gasteiger partial charge in [0.25, 0.3) is 0 Å². The van der Waals surface area contributed by atoms with Crippen LogP contribution in [0.15, 0.2) is 180 Å². The average Bonchev–Trinajstić information content (AvgIpc) is 3.78. The molecule has 9 rings (SSSR count). The molecule has 9 aromatic rings. The van der Waals surface area contributed by atoms with Gasteiger partial charge in [0.05, 0.1) is 16.9 Å². The van der Waals surface area contributed by atoms with E-state index in [1.165, 1.54) is 11.1 Å². The molecule has 0 unspecified atom stereocenters. The van der Waals surface area contributed by atoms with Crippen LogP contribution < -0.4 is 0 Å². The molecule has 0 bridgehead atoms. The van der Waals surface area contributed by atoms with E-state index in [4.69, 9.17) is 9.40 Å². The first-order chi connectivity index (χ1) is 23.8. The van der Waals surface area contributed by atoms with Gasteiger partial charge in [0.1, 0.15) is 0 Å². The van der Waals surface area contributed by atoms with Gasteiger partial charge in [-0.2, -0.15) is 0 Å². The van der Waals surface area contributed by atoms with Crippen LogP contribution in [0.3, 0.4) is 0 Å². The zero-order valence-corrected chi connectivity index (χ0v) is 28.7. The molecule has 49 heavy (non-hydrogen) atoms. The zero-order valence-electron chi connectivity index (χ0n) is 26.3.